The van der Waals surface area contributed by atoms with E-state index < -0.39 is 0 Å². The van der Waals surface area contributed by atoms with Crippen LogP contribution in [0.25, 0.3) is 6.08 Å². The summed E-state index contributed by atoms with van der Waals surface area (Å²) in [5.74, 6) is 0.537. The highest BCUT2D eigenvalue weighted by atomic mass is 16.5. The SMILES string of the molecule is CC(C)Oc1ccc(/C=C\C(=O)NN2CCN(C)CC2)cc1N. The maximum atomic E-state index is 12.0. The lowest BCUT2D eigenvalue weighted by Crippen LogP contribution is -2.52. The van der Waals surface area contributed by atoms with Crippen LogP contribution in [-0.2, 0) is 4.79 Å². The van der Waals surface area contributed by atoms with E-state index in [1.54, 1.807) is 12.1 Å². The van der Waals surface area contributed by atoms with Crippen molar-refractivity contribution in [3.8, 4) is 5.75 Å². The minimum absolute atomic E-state index is 0.0769. The molecule has 1 aliphatic heterocycles. The minimum Gasteiger partial charge on any atom is -0.489 e. The number of nitrogens with zero attached hydrogens (tertiary/aromatic N) is 2. The van der Waals surface area contributed by atoms with Crippen LogP contribution in [0.4, 0.5) is 5.69 Å². The summed E-state index contributed by atoms with van der Waals surface area (Å²) in [6, 6.07) is 5.51. The second kappa shape index (κ2) is 7.99. The van der Waals surface area contributed by atoms with Crippen LogP contribution < -0.4 is 15.9 Å². The smallest absolute Gasteiger partial charge is 0.258 e. The van der Waals surface area contributed by atoms with Crippen molar-refractivity contribution in [3.63, 3.8) is 0 Å². The van der Waals surface area contributed by atoms with Gasteiger partial charge in [0.05, 0.1) is 11.8 Å². The molecule has 3 N–H and O–H groups in total. The van der Waals surface area contributed by atoms with Gasteiger partial charge in [0.25, 0.3) is 5.91 Å². The summed E-state index contributed by atoms with van der Waals surface area (Å²) in [6.07, 6.45) is 3.35. The van der Waals surface area contributed by atoms with E-state index in [1.807, 2.05) is 31.0 Å². The third-order valence-electron chi connectivity index (χ3n) is 3.60. The average molecular weight is 318 g/mol. The number of anilines is 1. The number of hydrogen-bond donors (Lipinski definition) is 2. The summed E-state index contributed by atoms with van der Waals surface area (Å²) in [5.41, 5.74) is 10.3. The highest BCUT2D eigenvalue weighted by molar-refractivity contribution is 5.91. The molecule has 0 aromatic heterocycles. The predicted octanol–water partition coefficient (Wildman–Crippen LogP) is 1.35. The molecule has 1 aliphatic rings. The monoisotopic (exact) mass is 318 g/mol. The summed E-state index contributed by atoms with van der Waals surface area (Å²) in [7, 11) is 2.08. The Bertz CT molecular complexity index is 564. The molecule has 23 heavy (non-hydrogen) atoms. The number of amides is 1. The number of rotatable bonds is 5. The lowest BCUT2D eigenvalue weighted by molar-refractivity contribution is -0.121. The fourth-order valence-electron chi connectivity index (χ4n) is 2.32. The van der Waals surface area contributed by atoms with Crippen LogP contribution in [0.2, 0.25) is 0 Å². The van der Waals surface area contributed by atoms with Crippen LogP contribution in [0.3, 0.4) is 0 Å². The van der Waals surface area contributed by atoms with E-state index >= 15 is 0 Å². The molecule has 0 unspecified atom stereocenters. The number of hydrogen-bond acceptors (Lipinski definition) is 5. The van der Waals surface area contributed by atoms with Gasteiger partial charge in [-0.2, -0.15) is 0 Å². The Kier molecular flexibility index (Phi) is 6.01. The topological polar surface area (TPSA) is 70.8 Å². The van der Waals surface area contributed by atoms with Gasteiger partial charge in [-0.1, -0.05) is 6.07 Å². The molecule has 0 radical (unpaired) electrons. The van der Waals surface area contributed by atoms with Crippen molar-refractivity contribution in [1.29, 1.82) is 0 Å². The molecule has 1 aromatic rings. The fraction of sp³-hybridized carbons (Fsp3) is 0.471. The first kappa shape index (κ1) is 17.3. The molecular formula is C17H26N4O2. The molecule has 1 heterocycles. The van der Waals surface area contributed by atoms with Crippen molar-refractivity contribution < 1.29 is 9.53 Å². The Balaban J connectivity index is 1.89. The third kappa shape index (κ3) is 5.58. The van der Waals surface area contributed by atoms with Crippen LogP contribution in [0.1, 0.15) is 19.4 Å². The van der Waals surface area contributed by atoms with Gasteiger partial charge in [-0.05, 0) is 44.7 Å². The standard InChI is InChI=1S/C17H26N4O2/c1-13(2)23-16-6-4-14(12-15(16)18)5-7-17(22)19-21-10-8-20(3)9-11-21/h4-7,12-13H,8-11,18H2,1-3H3,(H,19,22)/b7-5-. The molecule has 126 valence electrons. The number of benzene rings is 1. The van der Waals surface area contributed by atoms with E-state index in [2.05, 4.69) is 17.4 Å². The molecule has 0 aliphatic carbocycles. The van der Waals surface area contributed by atoms with E-state index in [-0.39, 0.29) is 12.0 Å². The van der Waals surface area contributed by atoms with Gasteiger partial charge in [0.15, 0.2) is 0 Å². The molecule has 6 nitrogen and oxygen atoms in total. The zero-order valence-electron chi connectivity index (χ0n) is 14.1. The van der Waals surface area contributed by atoms with Crippen LogP contribution in [0, 0.1) is 0 Å². The molecule has 0 atom stereocenters. The van der Waals surface area contributed by atoms with Crippen LogP contribution in [0.5, 0.6) is 5.75 Å². The summed E-state index contributed by atoms with van der Waals surface area (Å²) in [5, 5.41) is 1.95. The summed E-state index contributed by atoms with van der Waals surface area (Å²) in [4.78, 5) is 14.2. The average Bonchev–Trinajstić information content (AvgIpc) is 2.50. The summed E-state index contributed by atoms with van der Waals surface area (Å²) in [6.45, 7) is 7.50. The maximum Gasteiger partial charge on any atom is 0.258 e. The number of nitrogen functional groups attached to an aromatic ring is 1. The third-order valence-corrected chi connectivity index (χ3v) is 3.60. The van der Waals surface area contributed by atoms with Crippen molar-refractivity contribution in [2.75, 3.05) is 39.0 Å². The molecular weight excluding hydrogens is 292 g/mol. The number of nitrogens with two attached hydrogens (primary N) is 1. The van der Waals surface area contributed by atoms with Crippen molar-refractivity contribution in [2.24, 2.45) is 0 Å². The van der Waals surface area contributed by atoms with Crippen molar-refractivity contribution >= 4 is 17.7 Å². The highest BCUT2D eigenvalue weighted by Crippen LogP contribution is 2.24. The molecule has 0 spiro atoms. The molecule has 1 amide bonds. The fourth-order valence-corrected chi connectivity index (χ4v) is 2.32. The van der Waals surface area contributed by atoms with E-state index in [0.717, 1.165) is 31.7 Å². The van der Waals surface area contributed by atoms with Gasteiger partial charge in [-0.3, -0.25) is 10.2 Å². The van der Waals surface area contributed by atoms with Gasteiger partial charge in [-0.15, -0.1) is 0 Å². The predicted molar refractivity (Wildman–Crippen MR) is 92.9 cm³/mol. The molecule has 6 heteroatoms. The number of likely N-dealkylation sites (N-methyl/N-ethyl adjacent to an activating group) is 1. The lowest BCUT2D eigenvalue weighted by atomic mass is 10.1. The number of nitrogens with one attached hydrogen (secondary N) is 1. The van der Waals surface area contributed by atoms with Crippen LogP contribution >= 0.6 is 0 Å². The quantitative estimate of drug-likeness (QED) is 0.633. The first-order valence-electron chi connectivity index (χ1n) is 7.92. The van der Waals surface area contributed by atoms with E-state index in [9.17, 15) is 4.79 Å². The summed E-state index contributed by atoms with van der Waals surface area (Å²) >= 11 is 0. The highest BCUT2D eigenvalue weighted by Gasteiger charge is 2.14. The van der Waals surface area contributed by atoms with Crippen LogP contribution in [0.15, 0.2) is 24.3 Å². The minimum atomic E-state index is -0.129. The van der Waals surface area contributed by atoms with Crippen LogP contribution in [-0.4, -0.2) is 55.1 Å². The first-order valence-corrected chi connectivity index (χ1v) is 7.92. The van der Waals surface area contributed by atoms with Gasteiger partial charge in [0, 0.05) is 32.3 Å². The number of carbonyl (C=O) groups is 1. The normalized spacial score (nSPS) is 16.9. The Morgan fingerprint density at radius 1 is 1.30 bits per heavy atom. The van der Waals surface area contributed by atoms with E-state index in [0.29, 0.717) is 11.4 Å². The van der Waals surface area contributed by atoms with Gasteiger partial charge < -0.3 is 15.4 Å². The summed E-state index contributed by atoms with van der Waals surface area (Å²) < 4.78 is 5.60. The largest absolute Gasteiger partial charge is 0.489 e. The molecule has 2 rings (SSSR count). The molecule has 0 bridgehead atoms. The Morgan fingerprint density at radius 2 is 2.00 bits per heavy atom. The maximum absolute atomic E-state index is 12.0. The van der Waals surface area contributed by atoms with Crippen molar-refractivity contribution in [1.82, 2.24) is 15.3 Å². The number of carbonyl (C=O) groups excluding carboxylic acids is 1. The van der Waals surface area contributed by atoms with E-state index in [1.165, 1.54) is 6.08 Å². The van der Waals surface area contributed by atoms with Gasteiger partial charge >= 0.3 is 0 Å². The number of hydrazine groups is 1. The number of ether oxygens (including phenoxy) is 1. The zero-order valence-corrected chi connectivity index (χ0v) is 14.1. The Hall–Kier alpha value is -2.05. The van der Waals surface area contributed by atoms with Gasteiger partial charge in [0.2, 0.25) is 0 Å². The van der Waals surface area contributed by atoms with Crippen molar-refractivity contribution in [2.45, 2.75) is 20.0 Å². The molecule has 1 saturated heterocycles. The Labute approximate surface area is 137 Å². The number of piperazine rings is 1. The molecule has 1 fully saturated rings. The molecule has 0 saturated carbocycles. The Morgan fingerprint density at radius 3 is 2.61 bits per heavy atom. The van der Waals surface area contributed by atoms with Gasteiger partial charge in [0.1, 0.15) is 5.75 Å². The van der Waals surface area contributed by atoms with Gasteiger partial charge in [-0.25, -0.2) is 5.01 Å². The zero-order chi connectivity index (χ0) is 16.8. The van der Waals surface area contributed by atoms with Crippen molar-refractivity contribution in [3.05, 3.63) is 29.8 Å². The lowest BCUT2D eigenvalue weighted by Gasteiger charge is -2.31. The first-order chi connectivity index (χ1) is 10.9. The second-order valence-corrected chi connectivity index (χ2v) is 6.06. The molecule has 1 aromatic carbocycles. The van der Waals surface area contributed by atoms with E-state index in [4.69, 9.17) is 10.5 Å². The second-order valence-electron chi connectivity index (χ2n) is 6.06.